The number of pyridine rings is 1. The van der Waals surface area contributed by atoms with Crippen molar-refractivity contribution in [2.24, 2.45) is 0 Å². The number of fused-ring (bicyclic) bond motifs is 3. The van der Waals surface area contributed by atoms with Gasteiger partial charge in [0, 0.05) is 53.6 Å². The number of halogens is 2. The zero-order valence-electron chi connectivity index (χ0n) is 16.6. The summed E-state index contributed by atoms with van der Waals surface area (Å²) >= 11 is 1.84. The second-order valence-corrected chi connectivity index (χ2v) is 8.79. The third-order valence-corrected chi connectivity index (χ3v) is 6.98. The normalized spacial score (nSPS) is 17.1. The molecule has 0 atom stereocenters. The molecular weight excluding hydrogens is 423 g/mol. The molecular formula is C22H24ClFN4OS. The van der Waals surface area contributed by atoms with Gasteiger partial charge in [0.2, 0.25) is 5.91 Å². The van der Waals surface area contributed by atoms with Crippen molar-refractivity contribution in [2.75, 3.05) is 37.6 Å². The van der Waals surface area contributed by atoms with Gasteiger partial charge in [0.15, 0.2) is 0 Å². The minimum absolute atomic E-state index is 0. The molecule has 0 unspecified atom stereocenters. The summed E-state index contributed by atoms with van der Waals surface area (Å²) in [5, 5.41) is 4.78. The van der Waals surface area contributed by atoms with Crippen LogP contribution in [0.1, 0.15) is 16.1 Å². The molecule has 2 aliphatic rings. The lowest BCUT2D eigenvalue weighted by atomic mass is 10.0. The molecule has 158 valence electrons. The zero-order chi connectivity index (χ0) is 19.8. The molecule has 0 spiro atoms. The Kier molecular flexibility index (Phi) is 6.34. The van der Waals surface area contributed by atoms with E-state index in [9.17, 15) is 9.18 Å². The molecule has 0 saturated carbocycles. The van der Waals surface area contributed by atoms with Gasteiger partial charge in [0.1, 0.15) is 5.82 Å². The Balaban J connectivity index is 0.00000218. The first kappa shape index (κ1) is 21.2. The predicted molar refractivity (Wildman–Crippen MR) is 121 cm³/mol. The molecule has 2 aliphatic heterocycles. The smallest absolute Gasteiger partial charge is 0.241 e. The first-order valence-electron chi connectivity index (χ1n) is 10.1. The van der Waals surface area contributed by atoms with Gasteiger partial charge < -0.3 is 10.2 Å². The van der Waals surface area contributed by atoms with Crippen LogP contribution in [0, 0.1) is 5.82 Å². The lowest BCUT2D eigenvalue weighted by Crippen LogP contribution is -2.50. The van der Waals surface area contributed by atoms with Crippen molar-refractivity contribution in [1.29, 1.82) is 0 Å². The van der Waals surface area contributed by atoms with Crippen LogP contribution in [0.5, 0.6) is 0 Å². The number of rotatable bonds is 4. The van der Waals surface area contributed by atoms with E-state index in [-0.39, 0.29) is 24.1 Å². The van der Waals surface area contributed by atoms with Crippen LogP contribution < -0.4 is 10.2 Å². The fourth-order valence-corrected chi connectivity index (χ4v) is 5.46. The van der Waals surface area contributed by atoms with Crippen molar-refractivity contribution in [3.8, 4) is 0 Å². The van der Waals surface area contributed by atoms with Crippen LogP contribution in [0.15, 0.2) is 36.5 Å². The molecule has 2 aromatic heterocycles. The first-order chi connectivity index (χ1) is 14.2. The Bertz CT molecular complexity index is 1060. The summed E-state index contributed by atoms with van der Waals surface area (Å²) in [4.78, 5) is 22.4. The largest absolute Gasteiger partial charge is 0.312 e. The molecule has 3 aromatic rings. The van der Waals surface area contributed by atoms with Crippen molar-refractivity contribution in [3.05, 3.63) is 58.5 Å². The van der Waals surface area contributed by atoms with Crippen LogP contribution >= 0.6 is 23.7 Å². The minimum atomic E-state index is -0.322. The number of hydrogen-bond donors (Lipinski definition) is 1. The molecule has 4 heterocycles. The van der Waals surface area contributed by atoms with Crippen LogP contribution in [-0.4, -0.2) is 48.5 Å². The summed E-state index contributed by atoms with van der Waals surface area (Å²) in [6.45, 7) is 4.66. The molecule has 1 fully saturated rings. The van der Waals surface area contributed by atoms with Gasteiger partial charge in [-0.2, -0.15) is 0 Å². The van der Waals surface area contributed by atoms with E-state index in [0.29, 0.717) is 19.5 Å². The van der Waals surface area contributed by atoms with Crippen LogP contribution in [0.4, 0.5) is 10.1 Å². The molecule has 1 amide bonds. The first-order valence-corrected chi connectivity index (χ1v) is 10.9. The monoisotopic (exact) mass is 446 g/mol. The van der Waals surface area contributed by atoms with Gasteiger partial charge >= 0.3 is 0 Å². The van der Waals surface area contributed by atoms with Crippen molar-refractivity contribution >= 4 is 45.4 Å². The summed E-state index contributed by atoms with van der Waals surface area (Å²) in [6, 6.07) is 9.59. The second-order valence-electron chi connectivity index (χ2n) is 7.65. The van der Waals surface area contributed by atoms with Crippen LogP contribution in [0.2, 0.25) is 0 Å². The number of benzene rings is 1. The van der Waals surface area contributed by atoms with Crippen molar-refractivity contribution in [3.63, 3.8) is 0 Å². The lowest BCUT2D eigenvalue weighted by Gasteiger charge is -2.34. The Hall–Kier alpha value is -2.06. The molecule has 1 N–H and O–H groups in total. The molecule has 1 aromatic carbocycles. The summed E-state index contributed by atoms with van der Waals surface area (Å²) in [5.41, 5.74) is 3.32. The highest BCUT2D eigenvalue weighted by atomic mass is 35.5. The van der Waals surface area contributed by atoms with Crippen LogP contribution in [0.3, 0.4) is 0 Å². The van der Waals surface area contributed by atoms with Gasteiger partial charge in [0.05, 0.1) is 12.7 Å². The number of amides is 1. The SMILES string of the molecule is Cl.O=C1CN(CCc2ccc(F)cn2)CCN1c1ccc2c3c(sc2c1)CNCC3. The Morgan fingerprint density at radius 2 is 2.10 bits per heavy atom. The fourth-order valence-electron chi connectivity index (χ4n) is 4.20. The molecule has 0 aliphatic carbocycles. The zero-order valence-corrected chi connectivity index (χ0v) is 18.2. The van der Waals surface area contributed by atoms with Gasteiger partial charge in [-0.05, 0) is 48.2 Å². The van der Waals surface area contributed by atoms with Crippen LogP contribution in [0.25, 0.3) is 10.1 Å². The van der Waals surface area contributed by atoms with Gasteiger partial charge in [-0.3, -0.25) is 14.7 Å². The highest BCUT2D eigenvalue weighted by Crippen LogP contribution is 2.36. The lowest BCUT2D eigenvalue weighted by molar-refractivity contribution is -0.121. The van der Waals surface area contributed by atoms with E-state index in [0.717, 1.165) is 44.0 Å². The van der Waals surface area contributed by atoms with E-state index < -0.39 is 0 Å². The van der Waals surface area contributed by atoms with Crippen molar-refractivity contribution in [2.45, 2.75) is 19.4 Å². The topological polar surface area (TPSA) is 48.5 Å². The quantitative estimate of drug-likeness (QED) is 0.667. The second kappa shape index (κ2) is 8.98. The maximum atomic E-state index is 13.0. The summed E-state index contributed by atoms with van der Waals surface area (Å²) in [7, 11) is 0. The Morgan fingerprint density at radius 1 is 1.20 bits per heavy atom. The fraction of sp³-hybridized carbons (Fsp3) is 0.364. The van der Waals surface area contributed by atoms with Gasteiger partial charge in [-0.15, -0.1) is 23.7 Å². The van der Waals surface area contributed by atoms with Crippen molar-refractivity contribution in [1.82, 2.24) is 15.2 Å². The average molecular weight is 447 g/mol. The number of piperazine rings is 1. The maximum absolute atomic E-state index is 13.0. The standard InChI is InChI=1S/C22H23FN4OS.ClH/c23-15-1-2-16(25-12-15)6-8-26-9-10-27(22(28)14-26)17-3-4-18-19-5-7-24-13-21(19)29-20(18)11-17;/h1-4,11-12,24H,5-10,13-14H2;1H. The predicted octanol–water partition coefficient (Wildman–Crippen LogP) is 3.39. The van der Waals surface area contributed by atoms with E-state index in [4.69, 9.17) is 0 Å². The Labute approximate surface area is 185 Å². The van der Waals surface area contributed by atoms with E-state index in [2.05, 4.69) is 33.4 Å². The molecule has 0 radical (unpaired) electrons. The number of hydrogen-bond acceptors (Lipinski definition) is 5. The highest BCUT2D eigenvalue weighted by molar-refractivity contribution is 7.19. The third kappa shape index (κ3) is 4.21. The Morgan fingerprint density at radius 3 is 2.90 bits per heavy atom. The van der Waals surface area contributed by atoms with E-state index in [1.165, 1.54) is 32.8 Å². The number of carbonyl (C=O) groups is 1. The molecule has 5 nitrogen and oxygen atoms in total. The number of aromatic nitrogens is 1. The summed E-state index contributed by atoms with van der Waals surface area (Å²) in [6.07, 6.45) is 3.04. The van der Waals surface area contributed by atoms with Gasteiger partial charge in [0.25, 0.3) is 0 Å². The number of nitrogens with zero attached hydrogens (tertiary/aromatic N) is 3. The summed E-state index contributed by atoms with van der Waals surface area (Å²) in [5.74, 6) is -0.192. The van der Waals surface area contributed by atoms with E-state index >= 15 is 0 Å². The number of thiophene rings is 1. The number of anilines is 1. The van der Waals surface area contributed by atoms with Gasteiger partial charge in [-0.1, -0.05) is 6.07 Å². The number of carbonyl (C=O) groups excluding carboxylic acids is 1. The number of nitrogens with one attached hydrogen (secondary N) is 1. The van der Waals surface area contributed by atoms with Crippen molar-refractivity contribution < 1.29 is 9.18 Å². The molecule has 0 bridgehead atoms. The molecule has 1 saturated heterocycles. The summed E-state index contributed by atoms with van der Waals surface area (Å²) < 4.78 is 14.2. The minimum Gasteiger partial charge on any atom is -0.312 e. The average Bonchev–Trinajstić information content (AvgIpc) is 3.11. The molecule has 30 heavy (non-hydrogen) atoms. The van der Waals surface area contributed by atoms with Gasteiger partial charge in [-0.25, -0.2) is 4.39 Å². The molecule has 5 rings (SSSR count). The maximum Gasteiger partial charge on any atom is 0.241 e. The van der Waals surface area contributed by atoms with E-state index in [1.807, 2.05) is 16.2 Å². The third-order valence-electron chi connectivity index (χ3n) is 5.78. The highest BCUT2D eigenvalue weighted by Gasteiger charge is 2.25. The van der Waals surface area contributed by atoms with Crippen LogP contribution in [-0.2, 0) is 24.2 Å². The molecule has 8 heteroatoms. The van der Waals surface area contributed by atoms with E-state index in [1.54, 1.807) is 6.07 Å².